The summed E-state index contributed by atoms with van der Waals surface area (Å²) < 4.78 is 12.5. The van der Waals surface area contributed by atoms with Crippen LogP contribution in [0.4, 0.5) is 0 Å². The zero-order chi connectivity index (χ0) is 21.8. The third kappa shape index (κ3) is 3.96. The van der Waals surface area contributed by atoms with Gasteiger partial charge in [0.25, 0.3) is 0 Å². The SMILES string of the molecule is COC[C@@]1(O[Si](C)(C)C)CC[C@@H]2/C1=C\[C@@]1(C)CCC(C(C)C)=C1[C@@H](O)C(=O)[C@@H]2C. The van der Waals surface area contributed by atoms with Gasteiger partial charge in [-0.3, -0.25) is 4.79 Å². The maximum atomic E-state index is 13.4. The summed E-state index contributed by atoms with van der Waals surface area (Å²) in [6, 6.07) is 0. The van der Waals surface area contributed by atoms with E-state index in [1.165, 1.54) is 11.1 Å². The first-order chi connectivity index (χ1) is 13.4. The summed E-state index contributed by atoms with van der Waals surface area (Å²) in [6.07, 6.45) is 5.08. The highest BCUT2D eigenvalue weighted by Gasteiger charge is 2.54. The first kappa shape index (κ1) is 22.9. The van der Waals surface area contributed by atoms with Gasteiger partial charge in [-0.25, -0.2) is 0 Å². The number of fused-ring (bicyclic) bond motifs is 2. The fraction of sp³-hybridized carbons (Fsp3) is 0.792. The monoisotopic (exact) mass is 420 g/mol. The van der Waals surface area contributed by atoms with Crippen LogP contribution in [0.2, 0.25) is 19.6 Å². The van der Waals surface area contributed by atoms with Gasteiger partial charge in [0.15, 0.2) is 14.1 Å². The van der Waals surface area contributed by atoms with Gasteiger partial charge in [-0.2, -0.15) is 0 Å². The molecule has 1 fully saturated rings. The molecule has 0 spiro atoms. The van der Waals surface area contributed by atoms with E-state index in [0.717, 1.165) is 31.3 Å². The van der Waals surface area contributed by atoms with Crippen LogP contribution in [0, 0.1) is 23.2 Å². The second-order valence-electron chi connectivity index (χ2n) is 11.0. The lowest BCUT2D eigenvalue weighted by molar-refractivity contribution is -0.130. The van der Waals surface area contributed by atoms with Gasteiger partial charge in [0.05, 0.1) is 6.61 Å². The quantitative estimate of drug-likeness (QED) is 0.508. The molecule has 0 amide bonds. The third-order valence-electron chi connectivity index (χ3n) is 7.30. The Morgan fingerprint density at radius 1 is 1.28 bits per heavy atom. The Morgan fingerprint density at radius 3 is 2.48 bits per heavy atom. The fourth-order valence-electron chi connectivity index (χ4n) is 6.10. The summed E-state index contributed by atoms with van der Waals surface area (Å²) in [7, 11) is -0.106. The van der Waals surface area contributed by atoms with Crippen LogP contribution >= 0.6 is 0 Å². The summed E-state index contributed by atoms with van der Waals surface area (Å²) in [6.45, 7) is 15.7. The molecule has 164 valence electrons. The van der Waals surface area contributed by atoms with E-state index in [4.69, 9.17) is 9.16 Å². The smallest absolute Gasteiger partial charge is 0.185 e. The number of ketones is 1. The highest BCUT2D eigenvalue weighted by Crippen LogP contribution is 2.56. The minimum absolute atomic E-state index is 0.0249. The lowest BCUT2D eigenvalue weighted by Gasteiger charge is -2.42. The van der Waals surface area contributed by atoms with E-state index in [0.29, 0.717) is 12.5 Å². The van der Waals surface area contributed by atoms with E-state index < -0.39 is 20.0 Å². The Balaban J connectivity index is 2.22. The number of allylic oxidation sites excluding steroid dienone is 2. The first-order valence-corrected chi connectivity index (χ1v) is 14.6. The van der Waals surface area contributed by atoms with Gasteiger partial charge < -0.3 is 14.3 Å². The molecule has 0 aromatic rings. The van der Waals surface area contributed by atoms with Crippen molar-refractivity contribution in [1.82, 2.24) is 0 Å². The Kier molecular flexibility index (Phi) is 6.12. The van der Waals surface area contributed by atoms with Crippen molar-refractivity contribution in [3.8, 4) is 0 Å². The van der Waals surface area contributed by atoms with Crippen LogP contribution in [0.15, 0.2) is 22.8 Å². The van der Waals surface area contributed by atoms with E-state index in [2.05, 4.69) is 46.5 Å². The van der Waals surface area contributed by atoms with E-state index in [9.17, 15) is 9.90 Å². The maximum absolute atomic E-state index is 13.4. The van der Waals surface area contributed by atoms with Crippen molar-refractivity contribution in [2.75, 3.05) is 13.7 Å². The topological polar surface area (TPSA) is 55.8 Å². The number of Topliss-reactive ketones (excluding diaryl/α,β-unsaturated/α-hetero) is 1. The highest BCUT2D eigenvalue weighted by molar-refractivity contribution is 6.69. The Morgan fingerprint density at radius 2 is 1.93 bits per heavy atom. The van der Waals surface area contributed by atoms with Gasteiger partial charge in [0, 0.05) is 18.4 Å². The minimum Gasteiger partial charge on any atom is -0.406 e. The van der Waals surface area contributed by atoms with Crippen LogP contribution in [0.1, 0.15) is 53.4 Å². The molecule has 0 saturated heterocycles. The predicted octanol–water partition coefficient (Wildman–Crippen LogP) is 4.89. The third-order valence-corrected chi connectivity index (χ3v) is 8.31. The van der Waals surface area contributed by atoms with Gasteiger partial charge >= 0.3 is 0 Å². The Hall–Kier alpha value is -0.753. The van der Waals surface area contributed by atoms with E-state index >= 15 is 0 Å². The number of methoxy groups -OCH3 is 1. The number of ether oxygens (including phenoxy) is 1. The summed E-state index contributed by atoms with van der Waals surface area (Å²) >= 11 is 0. The molecule has 1 N–H and O–H groups in total. The Bertz CT molecular complexity index is 732. The molecule has 5 heteroatoms. The van der Waals surface area contributed by atoms with Crippen molar-refractivity contribution in [2.24, 2.45) is 23.2 Å². The second-order valence-corrected chi connectivity index (χ2v) is 15.4. The molecule has 0 radical (unpaired) electrons. The minimum atomic E-state index is -1.85. The van der Waals surface area contributed by atoms with Crippen molar-refractivity contribution < 1.29 is 19.1 Å². The van der Waals surface area contributed by atoms with Crippen LogP contribution in [-0.4, -0.2) is 44.6 Å². The van der Waals surface area contributed by atoms with Gasteiger partial charge in [0.2, 0.25) is 0 Å². The molecule has 3 aliphatic carbocycles. The zero-order valence-corrected chi connectivity index (χ0v) is 20.6. The second kappa shape index (κ2) is 7.74. The van der Waals surface area contributed by atoms with Crippen LogP contribution < -0.4 is 0 Å². The molecule has 0 heterocycles. The van der Waals surface area contributed by atoms with Gasteiger partial charge in [0.1, 0.15) is 11.7 Å². The lowest BCUT2D eigenvalue weighted by Crippen LogP contribution is -2.48. The Labute approximate surface area is 177 Å². The molecule has 5 atom stereocenters. The normalized spacial score (nSPS) is 39.9. The van der Waals surface area contributed by atoms with Gasteiger partial charge in [-0.15, -0.1) is 0 Å². The zero-order valence-electron chi connectivity index (χ0n) is 19.6. The number of rotatable bonds is 5. The van der Waals surface area contributed by atoms with Crippen molar-refractivity contribution in [3.63, 3.8) is 0 Å². The molecule has 3 aliphatic rings. The fourth-order valence-corrected chi connectivity index (χ4v) is 7.55. The molecular weight excluding hydrogens is 380 g/mol. The first-order valence-electron chi connectivity index (χ1n) is 11.2. The van der Waals surface area contributed by atoms with Crippen molar-refractivity contribution in [2.45, 2.75) is 84.7 Å². The highest BCUT2D eigenvalue weighted by atomic mass is 28.4. The molecule has 1 saturated carbocycles. The van der Waals surface area contributed by atoms with Gasteiger partial charge in [-0.1, -0.05) is 39.3 Å². The predicted molar refractivity (Wildman–Crippen MR) is 119 cm³/mol. The summed E-state index contributed by atoms with van der Waals surface area (Å²) in [5.74, 6) is 0.211. The molecule has 4 nitrogen and oxygen atoms in total. The summed E-state index contributed by atoms with van der Waals surface area (Å²) in [5.41, 5.74) is 2.72. The van der Waals surface area contributed by atoms with Crippen LogP contribution in [-0.2, 0) is 14.0 Å². The maximum Gasteiger partial charge on any atom is 0.185 e. The molecule has 0 aliphatic heterocycles. The van der Waals surface area contributed by atoms with Crippen molar-refractivity contribution in [1.29, 1.82) is 0 Å². The standard InChI is InChI=1S/C24H40O4Si/c1-15(2)17-9-11-23(4)13-19-18(16(3)21(25)22(26)20(17)23)10-12-24(19,14-27-5)28-29(6,7)8/h13,15-16,18,22,26H,9-12,14H2,1-8H3/b19-13+/t16-,18+,22-,23-,24+/m1/s1. The molecule has 0 aromatic heterocycles. The van der Waals surface area contributed by atoms with E-state index in [1.807, 2.05) is 6.92 Å². The van der Waals surface area contributed by atoms with Crippen LogP contribution in [0.5, 0.6) is 0 Å². The van der Waals surface area contributed by atoms with Crippen LogP contribution in [0.25, 0.3) is 0 Å². The molecule has 3 rings (SSSR count). The number of hydrogen-bond donors (Lipinski definition) is 1. The molecular formula is C24H40O4Si. The van der Waals surface area contributed by atoms with Crippen molar-refractivity contribution in [3.05, 3.63) is 22.8 Å². The number of carbonyl (C=O) groups excluding carboxylic acids is 1. The average molecular weight is 421 g/mol. The number of carbonyl (C=O) groups is 1. The van der Waals surface area contributed by atoms with E-state index in [-0.39, 0.29) is 23.0 Å². The molecule has 0 bridgehead atoms. The molecule has 0 unspecified atom stereocenters. The van der Waals surface area contributed by atoms with Gasteiger partial charge in [-0.05, 0) is 68.3 Å². The van der Waals surface area contributed by atoms with Crippen molar-refractivity contribution >= 4 is 14.1 Å². The lowest BCUT2D eigenvalue weighted by atomic mass is 9.69. The molecule has 29 heavy (non-hydrogen) atoms. The van der Waals surface area contributed by atoms with Crippen LogP contribution in [0.3, 0.4) is 0 Å². The summed E-state index contributed by atoms with van der Waals surface area (Å²) in [5, 5.41) is 11.2. The average Bonchev–Trinajstić information content (AvgIpc) is 3.10. The van der Waals surface area contributed by atoms with E-state index in [1.54, 1.807) is 7.11 Å². The number of hydrogen-bond acceptors (Lipinski definition) is 4. The molecule has 0 aromatic carbocycles. The number of aliphatic hydroxyl groups excluding tert-OH is 1. The summed E-state index contributed by atoms with van der Waals surface area (Å²) in [4.78, 5) is 13.4. The number of aliphatic hydroxyl groups is 1. The largest absolute Gasteiger partial charge is 0.406 e.